The number of benzene rings is 2. The van der Waals surface area contributed by atoms with Crippen molar-refractivity contribution in [2.45, 2.75) is 6.18 Å². The van der Waals surface area contributed by atoms with Crippen LogP contribution in [0.5, 0.6) is 11.6 Å². The van der Waals surface area contributed by atoms with Crippen LogP contribution in [0.4, 0.5) is 18.9 Å². The largest absolute Gasteiger partial charge is 0.497 e. The van der Waals surface area contributed by atoms with Gasteiger partial charge in [-0.3, -0.25) is 9.13 Å². The Labute approximate surface area is 157 Å². The van der Waals surface area contributed by atoms with Crippen LogP contribution < -0.4 is 4.74 Å². The van der Waals surface area contributed by atoms with E-state index in [0.717, 1.165) is 16.7 Å². The Morgan fingerprint density at radius 2 is 1.74 bits per heavy atom. The van der Waals surface area contributed by atoms with Crippen LogP contribution in [0.1, 0.15) is 5.56 Å². The highest BCUT2D eigenvalue weighted by molar-refractivity contribution is 7.71. The quantitative estimate of drug-likeness (QED) is 0.488. The van der Waals surface area contributed by atoms with Gasteiger partial charge >= 0.3 is 6.18 Å². The van der Waals surface area contributed by atoms with E-state index in [0.29, 0.717) is 11.4 Å². The van der Waals surface area contributed by atoms with Crippen molar-refractivity contribution >= 4 is 17.9 Å². The van der Waals surface area contributed by atoms with Crippen molar-refractivity contribution in [2.75, 3.05) is 7.11 Å². The smallest absolute Gasteiger partial charge is 0.407 e. The van der Waals surface area contributed by atoms with Crippen LogP contribution in [0.15, 0.2) is 48.7 Å². The monoisotopic (exact) mass is 391 g/mol. The summed E-state index contributed by atoms with van der Waals surface area (Å²) in [6.45, 7) is 6.91. The number of nitrogens with zero attached hydrogens (tertiary/aromatic N) is 3. The van der Waals surface area contributed by atoms with Crippen LogP contribution in [0.3, 0.4) is 0 Å². The van der Waals surface area contributed by atoms with Gasteiger partial charge in [0, 0.05) is 11.4 Å². The molecule has 0 bridgehead atoms. The van der Waals surface area contributed by atoms with Gasteiger partial charge in [-0.1, -0.05) is 6.07 Å². The SMILES string of the molecule is [C-]#[N+]c1ccc(-n2c(O)cn(-c3ccc(OC)cc3)c2=S)cc1C(F)(F)F. The topological polar surface area (TPSA) is 43.7 Å². The van der Waals surface area contributed by atoms with Crippen molar-refractivity contribution < 1.29 is 23.0 Å². The lowest BCUT2D eigenvalue weighted by atomic mass is 10.1. The summed E-state index contributed by atoms with van der Waals surface area (Å²) in [5, 5.41) is 10.3. The Hall–Kier alpha value is -3.25. The van der Waals surface area contributed by atoms with E-state index in [4.69, 9.17) is 23.5 Å². The molecule has 0 saturated carbocycles. The minimum absolute atomic E-state index is 0.00415. The molecule has 0 fully saturated rings. The molecule has 9 heteroatoms. The molecular weight excluding hydrogens is 379 g/mol. The maximum absolute atomic E-state index is 13.2. The van der Waals surface area contributed by atoms with Gasteiger partial charge < -0.3 is 9.84 Å². The first kappa shape index (κ1) is 18.5. The zero-order valence-electron chi connectivity index (χ0n) is 13.9. The maximum Gasteiger partial charge on any atom is 0.407 e. The number of methoxy groups -OCH3 is 1. The van der Waals surface area contributed by atoms with Gasteiger partial charge in [0.15, 0.2) is 10.5 Å². The third-order valence-electron chi connectivity index (χ3n) is 3.89. The molecule has 0 amide bonds. The lowest BCUT2D eigenvalue weighted by Crippen LogP contribution is -2.07. The summed E-state index contributed by atoms with van der Waals surface area (Å²) in [7, 11) is 1.52. The van der Waals surface area contributed by atoms with Gasteiger partial charge in [-0.2, -0.15) is 13.2 Å². The maximum atomic E-state index is 13.2. The van der Waals surface area contributed by atoms with Crippen molar-refractivity contribution in [3.05, 3.63) is 70.4 Å². The standard InChI is InChI=1S/C18H12F3N3O2S/c1-22-15-8-5-12(9-14(15)18(19,20)21)24-16(25)10-23(17(24)27)11-3-6-13(26-2)7-4-11/h3-10,25H,2H3. The van der Waals surface area contributed by atoms with E-state index in [9.17, 15) is 18.3 Å². The summed E-state index contributed by atoms with van der Waals surface area (Å²) < 4.78 is 47.4. The number of rotatable bonds is 3. The number of hydrogen-bond acceptors (Lipinski definition) is 3. The van der Waals surface area contributed by atoms with Crippen LogP contribution in [-0.4, -0.2) is 21.4 Å². The normalized spacial score (nSPS) is 11.2. The second kappa shape index (κ2) is 6.81. The predicted octanol–water partition coefficient (Wildman–Crippen LogP) is 5.28. The Morgan fingerprint density at radius 3 is 2.30 bits per heavy atom. The van der Waals surface area contributed by atoms with Crippen LogP contribution >= 0.6 is 12.2 Å². The summed E-state index contributed by atoms with van der Waals surface area (Å²) in [4.78, 5) is 2.90. The first-order valence-electron chi connectivity index (χ1n) is 7.53. The number of hydrogen-bond donors (Lipinski definition) is 1. The fourth-order valence-electron chi connectivity index (χ4n) is 2.59. The number of imidazole rings is 1. The van der Waals surface area contributed by atoms with Crippen molar-refractivity contribution in [3.63, 3.8) is 0 Å². The van der Waals surface area contributed by atoms with E-state index in [1.165, 1.54) is 23.9 Å². The molecule has 0 saturated heterocycles. The van der Waals surface area contributed by atoms with Gasteiger partial charge in [-0.15, -0.1) is 0 Å². The molecule has 138 valence electrons. The lowest BCUT2D eigenvalue weighted by molar-refractivity contribution is -0.136. The first-order chi connectivity index (χ1) is 12.8. The van der Waals surface area contributed by atoms with Crippen molar-refractivity contribution in [1.29, 1.82) is 0 Å². The lowest BCUT2D eigenvalue weighted by Gasteiger charge is -2.12. The van der Waals surface area contributed by atoms with Gasteiger partial charge in [-0.05, 0) is 48.6 Å². The fraction of sp³-hybridized carbons (Fsp3) is 0.111. The van der Waals surface area contributed by atoms with Crippen molar-refractivity contribution in [3.8, 4) is 23.0 Å². The molecule has 0 aliphatic carbocycles. The molecule has 1 aromatic heterocycles. The molecule has 2 aromatic carbocycles. The van der Waals surface area contributed by atoms with Gasteiger partial charge in [0.2, 0.25) is 5.88 Å². The Balaban J connectivity index is 2.15. The minimum Gasteiger partial charge on any atom is -0.497 e. The zero-order valence-corrected chi connectivity index (χ0v) is 14.7. The first-order valence-corrected chi connectivity index (χ1v) is 7.94. The summed E-state index contributed by atoms with van der Waals surface area (Å²) in [5.41, 5.74) is -1.01. The molecule has 3 rings (SSSR count). The molecule has 5 nitrogen and oxygen atoms in total. The highest BCUT2D eigenvalue weighted by Crippen LogP contribution is 2.38. The molecule has 1 N–H and O–H groups in total. The molecule has 27 heavy (non-hydrogen) atoms. The molecule has 3 aromatic rings. The van der Waals surface area contributed by atoms with Crippen molar-refractivity contribution in [2.24, 2.45) is 0 Å². The molecule has 1 heterocycles. The number of ether oxygens (including phenoxy) is 1. The Bertz CT molecular complexity index is 1090. The van der Waals surface area contributed by atoms with E-state index in [1.54, 1.807) is 24.3 Å². The fourth-order valence-corrected chi connectivity index (χ4v) is 2.95. The van der Waals surface area contributed by atoms with E-state index < -0.39 is 17.4 Å². The van der Waals surface area contributed by atoms with Crippen molar-refractivity contribution in [1.82, 2.24) is 9.13 Å². The molecule has 0 unspecified atom stereocenters. The Morgan fingerprint density at radius 1 is 1.11 bits per heavy atom. The Kier molecular flexibility index (Phi) is 4.68. The number of alkyl halides is 3. The summed E-state index contributed by atoms with van der Waals surface area (Å²) in [6.07, 6.45) is -3.40. The zero-order chi connectivity index (χ0) is 19.8. The summed E-state index contributed by atoms with van der Waals surface area (Å²) in [5.74, 6) is 0.290. The predicted molar refractivity (Wildman–Crippen MR) is 95.4 cm³/mol. The van der Waals surface area contributed by atoms with Crippen LogP contribution in [-0.2, 0) is 6.18 Å². The highest BCUT2D eigenvalue weighted by atomic mass is 32.1. The van der Waals surface area contributed by atoms with Crippen LogP contribution in [0.25, 0.3) is 16.2 Å². The molecule has 0 radical (unpaired) electrons. The minimum atomic E-state index is -4.70. The molecule has 0 aliphatic heterocycles. The number of halogens is 3. The van der Waals surface area contributed by atoms with Crippen LogP contribution in [0.2, 0.25) is 0 Å². The molecule has 0 aliphatic rings. The van der Waals surface area contributed by atoms with E-state index in [2.05, 4.69) is 4.85 Å². The molecule has 0 spiro atoms. The second-order valence-electron chi connectivity index (χ2n) is 5.48. The highest BCUT2D eigenvalue weighted by Gasteiger charge is 2.34. The second-order valence-corrected chi connectivity index (χ2v) is 5.85. The van der Waals surface area contributed by atoms with E-state index >= 15 is 0 Å². The number of aromatic nitrogens is 2. The average Bonchev–Trinajstić information content (AvgIpc) is 2.95. The van der Waals surface area contributed by atoms with Gasteiger partial charge in [0.05, 0.1) is 25.4 Å². The summed E-state index contributed by atoms with van der Waals surface area (Å²) in [6, 6.07) is 9.92. The molecule has 0 atom stereocenters. The van der Waals surface area contributed by atoms with Crippen LogP contribution in [0, 0.1) is 11.3 Å². The molecular formula is C18H12F3N3O2S. The summed E-state index contributed by atoms with van der Waals surface area (Å²) >= 11 is 5.33. The van der Waals surface area contributed by atoms with E-state index in [-0.39, 0.29) is 16.3 Å². The van der Waals surface area contributed by atoms with Gasteiger partial charge in [0.1, 0.15) is 5.75 Å². The third-order valence-corrected chi connectivity index (χ3v) is 4.27. The third kappa shape index (κ3) is 3.39. The van der Waals surface area contributed by atoms with Gasteiger partial charge in [-0.25, -0.2) is 4.85 Å². The van der Waals surface area contributed by atoms with Gasteiger partial charge in [0.25, 0.3) is 0 Å². The average molecular weight is 391 g/mol. The van der Waals surface area contributed by atoms with E-state index in [1.807, 2.05) is 0 Å². The number of aromatic hydroxyl groups is 1.